The van der Waals surface area contributed by atoms with E-state index in [0.717, 1.165) is 20.9 Å². The van der Waals surface area contributed by atoms with Gasteiger partial charge in [-0.1, -0.05) is 45.9 Å². The molecule has 2 aromatic carbocycles. The van der Waals surface area contributed by atoms with Crippen LogP contribution >= 0.6 is 27.7 Å². The smallest absolute Gasteiger partial charge is 0.269 e. The molecular weight excluding hydrogens is 392 g/mol. The molecule has 0 bridgehead atoms. The molecule has 0 spiro atoms. The van der Waals surface area contributed by atoms with Crippen molar-refractivity contribution >= 4 is 33.4 Å². The van der Waals surface area contributed by atoms with Gasteiger partial charge in [-0.15, -0.1) is 10.2 Å². The lowest BCUT2D eigenvalue weighted by molar-refractivity contribution is -0.384. The molecule has 122 valence electrons. The number of nitro benzene ring substituents is 1. The van der Waals surface area contributed by atoms with Gasteiger partial charge in [0.2, 0.25) is 0 Å². The maximum atomic E-state index is 10.7. The van der Waals surface area contributed by atoms with Gasteiger partial charge < -0.3 is 4.57 Å². The molecule has 3 rings (SSSR count). The number of rotatable bonds is 5. The molecule has 0 radical (unpaired) electrons. The van der Waals surface area contributed by atoms with E-state index >= 15 is 0 Å². The topological polar surface area (TPSA) is 73.8 Å². The highest BCUT2D eigenvalue weighted by molar-refractivity contribution is 9.10. The predicted molar refractivity (Wildman–Crippen MR) is 96.8 cm³/mol. The summed E-state index contributed by atoms with van der Waals surface area (Å²) >= 11 is 5.13. The minimum absolute atomic E-state index is 0.0597. The van der Waals surface area contributed by atoms with E-state index < -0.39 is 4.92 Å². The molecule has 0 amide bonds. The van der Waals surface area contributed by atoms with E-state index in [4.69, 9.17) is 0 Å². The van der Waals surface area contributed by atoms with Crippen molar-refractivity contribution < 1.29 is 4.92 Å². The van der Waals surface area contributed by atoms with Gasteiger partial charge in [0.25, 0.3) is 5.69 Å². The van der Waals surface area contributed by atoms with Crippen molar-refractivity contribution in [3.05, 3.63) is 68.7 Å². The molecule has 0 aliphatic rings. The van der Waals surface area contributed by atoms with Crippen LogP contribution in [-0.2, 0) is 12.8 Å². The van der Waals surface area contributed by atoms with E-state index in [9.17, 15) is 10.1 Å². The van der Waals surface area contributed by atoms with E-state index in [1.165, 1.54) is 17.7 Å². The summed E-state index contributed by atoms with van der Waals surface area (Å²) in [6.45, 7) is 0. The lowest BCUT2D eigenvalue weighted by Crippen LogP contribution is -1.95. The average Bonchev–Trinajstić information content (AvgIpc) is 2.95. The van der Waals surface area contributed by atoms with Crippen molar-refractivity contribution in [3.8, 4) is 11.4 Å². The van der Waals surface area contributed by atoms with Crippen LogP contribution in [0.5, 0.6) is 0 Å². The number of halogens is 1. The van der Waals surface area contributed by atoms with Gasteiger partial charge in [-0.3, -0.25) is 10.1 Å². The van der Waals surface area contributed by atoms with Gasteiger partial charge in [0, 0.05) is 35.0 Å². The normalized spacial score (nSPS) is 10.8. The molecule has 0 N–H and O–H groups in total. The summed E-state index contributed by atoms with van der Waals surface area (Å²) in [6, 6.07) is 14.4. The van der Waals surface area contributed by atoms with Crippen LogP contribution in [0.15, 0.2) is 58.2 Å². The van der Waals surface area contributed by atoms with E-state index in [0.29, 0.717) is 5.82 Å². The monoisotopic (exact) mass is 404 g/mol. The summed E-state index contributed by atoms with van der Waals surface area (Å²) in [4.78, 5) is 10.3. The number of nitro groups is 1. The first-order valence-electron chi connectivity index (χ1n) is 7.06. The van der Waals surface area contributed by atoms with Crippen molar-refractivity contribution in [3.63, 3.8) is 0 Å². The zero-order valence-electron chi connectivity index (χ0n) is 12.7. The Morgan fingerprint density at radius 3 is 2.54 bits per heavy atom. The summed E-state index contributed by atoms with van der Waals surface area (Å²) in [5, 5.41) is 20.0. The van der Waals surface area contributed by atoms with Crippen LogP contribution in [0.4, 0.5) is 5.69 Å². The van der Waals surface area contributed by atoms with Gasteiger partial charge in [0.15, 0.2) is 11.0 Å². The summed E-state index contributed by atoms with van der Waals surface area (Å²) in [6.07, 6.45) is 0. The van der Waals surface area contributed by atoms with Gasteiger partial charge in [-0.05, 0) is 23.8 Å². The molecule has 0 aliphatic heterocycles. The molecule has 0 aliphatic carbocycles. The van der Waals surface area contributed by atoms with E-state index in [-0.39, 0.29) is 5.69 Å². The molecule has 1 heterocycles. The Bertz CT molecular complexity index is 880. The maximum absolute atomic E-state index is 10.7. The predicted octanol–water partition coefficient (Wildman–Crippen LogP) is 4.45. The maximum Gasteiger partial charge on any atom is 0.269 e. The number of aromatic nitrogens is 3. The fraction of sp³-hybridized carbons (Fsp3) is 0.125. The molecule has 1 aromatic heterocycles. The molecule has 0 saturated heterocycles. The average molecular weight is 405 g/mol. The number of hydrogen-bond donors (Lipinski definition) is 0. The molecule has 8 heteroatoms. The Hall–Kier alpha value is -2.19. The molecule has 6 nitrogen and oxygen atoms in total. The van der Waals surface area contributed by atoms with Crippen molar-refractivity contribution in [2.45, 2.75) is 10.9 Å². The standard InChI is InChI=1S/C16H13BrN4O2S/c1-20-15(11-6-8-13(9-7-11)21(22)23)18-19-16(20)24-10-12-4-2-3-5-14(12)17/h2-9H,10H2,1H3. The summed E-state index contributed by atoms with van der Waals surface area (Å²) in [7, 11) is 1.89. The lowest BCUT2D eigenvalue weighted by Gasteiger charge is -2.05. The van der Waals surface area contributed by atoms with Crippen molar-refractivity contribution in [2.75, 3.05) is 0 Å². The van der Waals surface area contributed by atoms with Crippen LogP contribution in [0.1, 0.15) is 5.56 Å². The highest BCUT2D eigenvalue weighted by Crippen LogP contribution is 2.28. The van der Waals surface area contributed by atoms with Gasteiger partial charge in [0.05, 0.1) is 4.92 Å². The Labute approximate surface area is 151 Å². The Morgan fingerprint density at radius 2 is 1.88 bits per heavy atom. The third kappa shape index (κ3) is 3.49. The van der Waals surface area contributed by atoms with Crippen LogP contribution in [-0.4, -0.2) is 19.7 Å². The van der Waals surface area contributed by atoms with Gasteiger partial charge in [0.1, 0.15) is 0 Å². The number of nitrogens with zero attached hydrogens (tertiary/aromatic N) is 4. The summed E-state index contributed by atoms with van der Waals surface area (Å²) in [5.74, 6) is 1.45. The molecule has 3 aromatic rings. The second-order valence-electron chi connectivity index (χ2n) is 5.05. The van der Waals surface area contributed by atoms with Gasteiger partial charge in [-0.25, -0.2) is 0 Å². The molecule has 0 fully saturated rings. The minimum atomic E-state index is -0.417. The fourth-order valence-corrected chi connectivity index (χ4v) is 3.71. The van der Waals surface area contributed by atoms with Crippen LogP contribution in [0.3, 0.4) is 0 Å². The first-order chi connectivity index (χ1) is 11.6. The molecular formula is C16H13BrN4O2S. The third-order valence-electron chi connectivity index (χ3n) is 3.49. The van der Waals surface area contributed by atoms with Crippen molar-refractivity contribution in [1.82, 2.24) is 14.8 Å². The number of non-ortho nitro benzene ring substituents is 1. The highest BCUT2D eigenvalue weighted by Gasteiger charge is 2.13. The van der Waals surface area contributed by atoms with Gasteiger partial charge >= 0.3 is 0 Å². The number of thioether (sulfide) groups is 1. The van der Waals surface area contributed by atoms with E-state index in [2.05, 4.69) is 32.2 Å². The first-order valence-corrected chi connectivity index (χ1v) is 8.84. The lowest BCUT2D eigenvalue weighted by atomic mass is 10.2. The van der Waals surface area contributed by atoms with Gasteiger partial charge in [-0.2, -0.15) is 0 Å². The van der Waals surface area contributed by atoms with Crippen LogP contribution in [0.2, 0.25) is 0 Å². The number of hydrogen-bond acceptors (Lipinski definition) is 5. The molecule has 0 unspecified atom stereocenters. The first kappa shape index (κ1) is 16.7. The van der Waals surface area contributed by atoms with Crippen LogP contribution < -0.4 is 0 Å². The second kappa shape index (κ2) is 7.14. The molecule has 0 atom stereocenters. The fourth-order valence-electron chi connectivity index (χ4n) is 2.18. The Kier molecular flexibility index (Phi) is 4.96. The highest BCUT2D eigenvalue weighted by atomic mass is 79.9. The van der Waals surface area contributed by atoms with E-state index in [1.54, 1.807) is 23.9 Å². The third-order valence-corrected chi connectivity index (χ3v) is 5.33. The largest absolute Gasteiger partial charge is 0.305 e. The SMILES string of the molecule is Cn1c(SCc2ccccc2Br)nnc1-c1ccc([N+](=O)[O-])cc1. The van der Waals surface area contributed by atoms with Crippen LogP contribution in [0, 0.1) is 10.1 Å². The summed E-state index contributed by atoms with van der Waals surface area (Å²) in [5.41, 5.74) is 2.04. The Morgan fingerprint density at radius 1 is 1.17 bits per heavy atom. The van der Waals surface area contributed by atoms with Crippen molar-refractivity contribution in [1.29, 1.82) is 0 Å². The summed E-state index contributed by atoms with van der Waals surface area (Å²) < 4.78 is 2.96. The molecule has 0 saturated carbocycles. The second-order valence-corrected chi connectivity index (χ2v) is 6.85. The number of benzene rings is 2. The zero-order chi connectivity index (χ0) is 17.1. The van der Waals surface area contributed by atoms with E-state index in [1.807, 2.05) is 29.8 Å². The Balaban J connectivity index is 1.78. The van der Waals surface area contributed by atoms with Crippen LogP contribution in [0.25, 0.3) is 11.4 Å². The zero-order valence-corrected chi connectivity index (χ0v) is 15.1. The quantitative estimate of drug-likeness (QED) is 0.356. The minimum Gasteiger partial charge on any atom is -0.305 e. The molecule has 24 heavy (non-hydrogen) atoms. The van der Waals surface area contributed by atoms with Crippen molar-refractivity contribution in [2.24, 2.45) is 7.05 Å².